The largest absolute Gasteiger partial charge is 0.416 e. The fourth-order valence-corrected chi connectivity index (χ4v) is 5.36. The van der Waals surface area contributed by atoms with E-state index < -0.39 is 34.9 Å². The number of piperidine rings is 1. The van der Waals surface area contributed by atoms with E-state index in [4.69, 9.17) is 28.2 Å². The van der Waals surface area contributed by atoms with Crippen molar-refractivity contribution >= 4 is 34.8 Å². The molecule has 0 aromatic heterocycles. The van der Waals surface area contributed by atoms with Crippen molar-refractivity contribution in [2.45, 2.75) is 69.1 Å². The van der Waals surface area contributed by atoms with Crippen molar-refractivity contribution in [3.63, 3.8) is 0 Å². The number of alkyl halides is 3. The Morgan fingerprint density at radius 3 is 2.43 bits per heavy atom. The molecule has 2 aromatic carbocycles. The number of rotatable bonds is 8. The summed E-state index contributed by atoms with van der Waals surface area (Å²) in [4.78, 5) is 18.6. The summed E-state index contributed by atoms with van der Waals surface area (Å²) in [5.74, 6) is -1.45. The molecule has 1 aliphatic heterocycles. The molecule has 2 fully saturated rings. The molecule has 1 unspecified atom stereocenters. The summed E-state index contributed by atoms with van der Waals surface area (Å²) in [7, 11) is 0. The second-order valence-electron chi connectivity index (χ2n) is 9.70. The van der Waals surface area contributed by atoms with Gasteiger partial charge >= 0.3 is 6.18 Å². The van der Waals surface area contributed by atoms with Crippen molar-refractivity contribution in [3.05, 3.63) is 69.0 Å². The lowest BCUT2D eigenvalue weighted by Crippen LogP contribution is -2.47. The van der Waals surface area contributed by atoms with Crippen LogP contribution in [0.3, 0.4) is 0 Å². The van der Waals surface area contributed by atoms with Crippen molar-refractivity contribution in [1.82, 2.24) is 10.6 Å². The summed E-state index contributed by atoms with van der Waals surface area (Å²) in [5.41, 5.74) is -0.732. The standard InChI is InChI=1S/C27H29Cl2F4N3O/c1-2-23(35-19-7-11-34-12-8-19)24(13-16-3-5-18(28)15-21(16)29)36-25(37)26(9-10-26)20-6-4-17(14-22(20)30)27(31,32)33/h3-6,14-15,19,24,34H,2,7-13H2,1H3,(H,36,37). The van der Waals surface area contributed by atoms with E-state index in [0.29, 0.717) is 41.8 Å². The number of nitrogens with zero attached hydrogens (tertiary/aromatic N) is 1. The number of hydrogen-bond donors (Lipinski definition) is 2. The summed E-state index contributed by atoms with van der Waals surface area (Å²) in [6.07, 6.45) is -1.26. The van der Waals surface area contributed by atoms with Crippen LogP contribution in [0.1, 0.15) is 55.7 Å². The smallest absolute Gasteiger partial charge is 0.347 e. The van der Waals surface area contributed by atoms with E-state index in [0.717, 1.165) is 49.3 Å². The summed E-state index contributed by atoms with van der Waals surface area (Å²) >= 11 is 12.5. The zero-order valence-electron chi connectivity index (χ0n) is 20.4. The van der Waals surface area contributed by atoms with Gasteiger partial charge in [0.15, 0.2) is 0 Å². The minimum Gasteiger partial charge on any atom is -0.347 e. The molecule has 2 aliphatic rings. The molecule has 10 heteroatoms. The maximum Gasteiger partial charge on any atom is 0.416 e. The predicted molar refractivity (Wildman–Crippen MR) is 138 cm³/mol. The first-order valence-electron chi connectivity index (χ1n) is 12.4. The molecule has 0 bridgehead atoms. The Morgan fingerprint density at radius 1 is 1.16 bits per heavy atom. The van der Waals surface area contributed by atoms with Crippen molar-refractivity contribution in [2.24, 2.45) is 4.99 Å². The second kappa shape index (κ2) is 11.3. The summed E-state index contributed by atoms with van der Waals surface area (Å²) in [6, 6.07) is 7.13. The average Bonchev–Trinajstić information content (AvgIpc) is 3.65. The lowest BCUT2D eigenvalue weighted by Gasteiger charge is -2.27. The summed E-state index contributed by atoms with van der Waals surface area (Å²) in [6.45, 7) is 3.69. The fourth-order valence-electron chi connectivity index (χ4n) is 4.88. The second-order valence-corrected chi connectivity index (χ2v) is 10.5. The quantitative estimate of drug-likeness (QED) is 0.287. The van der Waals surface area contributed by atoms with Gasteiger partial charge < -0.3 is 10.6 Å². The van der Waals surface area contributed by atoms with Gasteiger partial charge in [-0.05, 0) is 81.4 Å². The Morgan fingerprint density at radius 2 is 1.86 bits per heavy atom. The molecule has 4 rings (SSSR count). The van der Waals surface area contributed by atoms with Crippen LogP contribution < -0.4 is 10.6 Å². The van der Waals surface area contributed by atoms with Gasteiger partial charge in [0.05, 0.1) is 23.1 Å². The topological polar surface area (TPSA) is 53.5 Å². The van der Waals surface area contributed by atoms with Gasteiger partial charge in [0.2, 0.25) is 5.91 Å². The van der Waals surface area contributed by atoms with Gasteiger partial charge in [-0.25, -0.2) is 4.39 Å². The van der Waals surface area contributed by atoms with Crippen LogP contribution >= 0.6 is 23.2 Å². The molecular weight excluding hydrogens is 529 g/mol. The molecule has 1 amide bonds. The van der Waals surface area contributed by atoms with Crippen molar-refractivity contribution in [1.29, 1.82) is 0 Å². The monoisotopic (exact) mass is 557 g/mol. The Hall–Kier alpha value is -2.16. The highest BCUT2D eigenvalue weighted by Gasteiger charge is 2.53. The van der Waals surface area contributed by atoms with Gasteiger partial charge in [-0.2, -0.15) is 13.2 Å². The number of nitrogens with one attached hydrogen (secondary N) is 2. The van der Waals surface area contributed by atoms with E-state index in [1.54, 1.807) is 18.2 Å². The third-order valence-corrected chi connectivity index (χ3v) is 7.75. The fraction of sp³-hybridized carbons (Fsp3) is 0.481. The van der Waals surface area contributed by atoms with Crippen LogP contribution in [0.25, 0.3) is 0 Å². The first kappa shape index (κ1) is 27.9. The minimum atomic E-state index is -4.66. The molecule has 1 atom stereocenters. The SMILES string of the molecule is CCC(=NC1CCNCC1)C(Cc1ccc(Cl)cc1Cl)NC(=O)C1(c2ccc(C(F)(F)F)cc2F)CC1. The van der Waals surface area contributed by atoms with E-state index in [1.165, 1.54) is 0 Å². The van der Waals surface area contributed by atoms with Crippen LogP contribution in [0.15, 0.2) is 41.4 Å². The minimum absolute atomic E-state index is 0.0189. The maximum atomic E-state index is 14.8. The van der Waals surface area contributed by atoms with Gasteiger partial charge in [0, 0.05) is 21.3 Å². The van der Waals surface area contributed by atoms with Gasteiger partial charge in [0.1, 0.15) is 5.82 Å². The number of carbonyl (C=O) groups is 1. The Balaban J connectivity index is 1.63. The Kier molecular flexibility index (Phi) is 8.51. The first-order valence-corrected chi connectivity index (χ1v) is 13.2. The summed E-state index contributed by atoms with van der Waals surface area (Å²) in [5, 5.41) is 7.31. The highest BCUT2D eigenvalue weighted by atomic mass is 35.5. The molecule has 1 saturated heterocycles. The molecule has 4 nitrogen and oxygen atoms in total. The molecule has 1 saturated carbocycles. The van der Waals surface area contributed by atoms with Crippen LogP contribution in [0.4, 0.5) is 17.6 Å². The molecular formula is C27H29Cl2F4N3O. The van der Waals surface area contributed by atoms with Crippen LogP contribution in [0.5, 0.6) is 0 Å². The van der Waals surface area contributed by atoms with Crippen molar-refractivity contribution in [2.75, 3.05) is 13.1 Å². The molecule has 0 radical (unpaired) electrons. The zero-order chi connectivity index (χ0) is 26.8. The number of hydrogen-bond acceptors (Lipinski definition) is 3. The van der Waals surface area contributed by atoms with Crippen LogP contribution in [0.2, 0.25) is 10.0 Å². The first-order chi connectivity index (χ1) is 17.5. The highest BCUT2D eigenvalue weighted by Crippen LogP contribution is 2.50. The molecule has 1 aliphatic carbocycles. The van der Waals surface area contributed by atoms with E-state index in [2.05, 4.69) is 10.6 Å². The van der Waals surface area contributed by atoms with Crippen LogP contribution in [-0.2, 0) is 22.8 Å². The molecule has 200 valence electrons. The van der Waals surface area contributed by atoms with Crippen LogP contribution in [0, 0.1) is 5.82 Å². The van der Waals surface area contributed by atoms with Gasteiger partial charge in [-0.15, -0.1) is 0 Å². The maximum absolute atomic E-state index is 14.8. The Bertz CT molecular complexity index is 1170. The third kappa shape index (κ3) is 6.47. The molecule has 2 aromatic rings. The molecule has 0 spiro atoms. The average molecular weight is 558 g/mol. The Labute approximate surface area is 223 Å². The lowest BCUT2D eigenvalue weighted by molar-refractivity contribution is -0.137. The number of halogens is 6. The molecule has 1 heterocycles. The number of carbonyl (C=O) groups excluding carboxylic acids is 1. The summed E-state index contributed by atoms with van der Waals surface area (Å²) < 4.78 is 54.0. The number of amides is 1. The third-order valence-electron chi connectivity index (χ3n) is 7.16. The molecule has 37 heavy (non-hydrogen) atoms. The van der Waals surface area contributed by atoms with Crippen molar-refractivity contribution < 1.29 is 22.4 Å². The van der Waals surface area contributed by atoms with E-state index >= 15 is 0 Å². The zero-order valence-corrected chi connectivity index (χ0v) is 21.9. The molecule has 2 N–H and O–H groups in total. The number of benzene rings is 2. The van der Waals surface area contributed by atoms with Crippen LogP contribution in [-0.4, -0.2) is 36.8 Å². The normalized spacial score (nSPS) is 18.9. The van der Waals surface area contributed by atoms with Gasteiger partial charge in [-0.3, -0.25) is 9.79 Å². The van der Waals surface area contributed by atoms with E-state index in [-0.39, 0.29) is 11.6 Å². The predicted octanol–water partition coefficient (Wildman–Crippen LogP) is 6.51. The van der Waals surface area contributed by atoms with Crippen molar-refractivity contribution in [3.8, 4) is 0 Å². The number of aliphatic imine (C=N–C) groups is 1. The van der Waals surface area contributed by atoms with Gasteiger partial charge in [0.25, 0.3) is 0 Å². The van der Waals surface area contributed by atoms with E-state index in [1.807, 2.05) is 6.92 Å². The van der Waals surface area contributed by atoms with Gasteiger partial charge in [-0.1, -0.05) is 42.3 Å². The lowest BCUT2D eigenvalue weighted by atomic mass is 9.91. The highest BCUT2D eigenvalue weighted by molar-refractivity contribution is 6.35. The van der Waals surface area contributed by atoms with E-state index in [9.17, 15) is 22.4 Å².